The van der Waals surface area contributed by atoms with Gasteiger partial charge in [-0.15, -0.1) is 0 Å². The molecular formula is C33H32F2N6. The second-order valence-electron chi connectivity index (χ2n) is 11.2. The molecule has 3 N–H and O–H groups in total. The van der Waals surface area contributed by atoms with E-state index >= 15 is 4.39 Å². The van der Waals surface area contributed by atoms with Crippen LogP contribution < -0.4 is 15.9 Å². The summed E-state index contributed by atoms with van der Waals surface area (Å²) in [6.45, 7) is 16.4. The normalized spacial score (nSPS) is 13.0. The van der Waals surface area contributed by atoms with Crippen molar-refractivity contribution in [1.29, 1.82) is 0 Å². The van der Waals surface area contributed by atoms with E-state index in [0.29, 0.717) is 39.2 Å². The number of benzene rings is 2. The van der Waals surface area contributed by atoms with Crippen LogP contribution in [0.5, 0.6) is 0 Å². The number of aromatic nitrogens is 5. The van der Waals surface area contributed by atoms with Crippen molar-refractivity contribution in [2.24, 2.45) is 5.41 Å². The molecule has 3 aromatic heterocycles. The molecule has 0 aliphatic rings. The molecule has 5 aromatic rings. The lowest BCUT2D eigenvalue weighted by Gasteiger charge is -2.20. The van der Waals surface area contributed by atoms with E-state index in [1.54, 1.807) is 37.5 Å². The zero-order chi connectivity index (χ0) is 29.3. The largest absolute Gasteiger partial charge is 0.358 e. The number of H-pyrrole nitrogens is 2. The van der Waals surface area contributed by atoms with E-state index in [9.17, 15) is 4.39 Å². The Hall–Kier alpha value is -4.85. The molecular weight excluding hydrogens is 518 g/mol. The maximum absolute atomic E-state index is 16.3. The van der Waals surface area contributed by atoms with Gasteiger partial charge >= 0.3 is 0 Å². The lowest BCUT2D eigenvalue weighted by molar-refractivity contribution is 0.411. The first-order valence-corrected chi connectivity index (χ1v) is 13.3. The fourth-order valence-electron chi connectivity index (χ4n) is 4.83. The third-order valence-corrected chi connectivity index (χ3v) is 6.59. The summed E-state index contributed by atoms with van der Waals surface area (Å²) < 4.78 is 30.3. The van der Waals surface area contributed by atoms with Gasteiger partial charge in [0.2, 0.25) is 0 Å². The molecule has 0 saturated heterocycles. The number of imidazole rings is 1. The average molecular weight is 551 g/mol. The molecule has 0 aliphatic carbocycles. The maximum Gasteiger partial charge on any atom is 0.159 e. The highest BCUT2D eigenvalue weighted by atomic mass is 19.1. The Morgan fingerprint density at radius 1 is 1.07 bits per heavy atom. The highest BCUT2D eigenvalue weighted by Crippen LogP contribution is 2.30. The Labute approximate surface area is 237 Å². The van der Waals surface area contributed by atoms with E-state index in [1.807, 2.05) is 24.3 Å². The van der Waals surface area contributed by atoms with E-state index in [4.69, 9.17) is 4.98 Å². The van der Waals surface area contributed by atoms with Gasteiger partial charge < -0.3 is 10.3 Å². The molecule has 0 aliphatic heterocycles. The molecule has 0 unspecified atom stereocenters. The molecule has 208 valence electrons. The number of rotatable bonds is 7. The van der Waals surface area contributed by atoms with Crippen molar-refractivity contribution in [1.82, 2.24) is 25.1 Å². The molecule has 6 nitrogen and oxygen atoms in total. The number of pyridine rings is 1. The van der Waals surface area contributed by atoms with E-state index in [2.05, 4.69) is 59.4 Å². The van der Waals surface area contributed by atoms with Gasteiger partial charge in [-0.25, -0.2) is 13.8 Å². The summed E-state index contributed by atoms with van der Waals surface area (Å²) >= 11 is 0. The monoisotopic (exact) mass is 550 g/mol. The van der Waals surface area contributed by atoms with Crippen molar-refractivity contribution in [3.63, 3.8) is 0 Å². The first kappa shape index (κ1) is 27.7. The van der Waals surface area contributed by atoms with Crippen LogP contribution in [0, 0.1) is 11.2 Å². The Morgan fingerprint density at radius 2 is 1.85 bits per heavy atom. The molecule has 0 bridgehead atoms. The summed E-state index contributed by atoms with van der Waals surface area (Å²) in [5.74, 6) is -0.520. The van der Waals surface area contributed by atoms with Gasteiger partial charge in [0.05, 0.1) is 33.5 Å². The Morgan fingerprint density at radius 3 is 2.59 bits per heavy atom. The number of para-hydroxylation sites is 1. The number of halogens is 2. The van der Waals surface area contributed by atoms with Gasteiger partial charge in [-0.3, -0.25) is 10.1 Å². The molecule has 3 heterocycles. The van der Waals surface area contributed by atoms with Gasteiger partial charge in [0.1, 0.15) is 17.3 Å². The second-order valence-corrected chi connectivity index (χ2v) is 11.2. The number of hydrogen-bond donors (Lipinski definition) is 3. The summed E-state index contributed by atoms with van der Waals surface area (Å²) in [4.78, 5) is 12.3. The van der Waals surface area contributed by atoms with Crippen LogP contribution in [0.2, 0.25) is 0 Å². The molecule has 0 amide bonds. The first-order valence-electron chi connectivity index (χ1n) is 13.3. The topological polar surface area (TPSA) is 82.3 Å². The van der Waals surface area contributed by atoms with Crippen LogP contribution >= 0.6 is 0 Å². The summed E-state index contributed by atoms with van der Waals surface area (Å²) in [6.07, 6.45) is 5.75. The molecule has 41 heavy (non-hydrogen) atoms. The lowest BCUT2D eigenvalue weighted by Crippen LogP contribution is -2.26. The Bertz CT molecular complexity index is 1910. The van der Waals surface area contributed by atoms with Gasteiger partial charge in [-0.05, 0) is 48.6 Å². The fraction of sp³-hybridized carbons (Fsp3) is 0.182. The fourth-order valence-corrected chi connectivity index (χ4v) is 4.83. The van der Waals surface area contributed by atoms with Crippen molar-refractivity contribution >= 4 is 34.2 Å². The van der Waals surface area contributed by atoms with Gasteiger partial charge in [-0.1, -0.05) is 64.3 Å². The van der Waals surface area contributed by atoms with Crippen molar-refractivity contribution in [3.8, 4) is 22.6 Å². The zero-order valence-electron chi connectivity index (χ0n) is 23.6. The van der Waals surface area contributed by atoms with Crippen LogP contribution in [0.25, 0.3) is 51.2 Å². The molecule has 0 atom stereocenters. The van der Waals surface area contributed by atoms with Crippen molar-refractivity contribution < 1.29 is 8.78 Å². The van der Waals surface area contributed by atoms with Crippen LogP contribution in [0.3, 0.4) is 0 Å². The summed E-state index contributed by atoms with van der Waals surface area (Å²) in [5, 5.41) is 11.3. The summed E-state index contributed by atoms with van der Waals surface area (Å²) in [6, 6.07) is 13.7. The van der Waals surface area contributed by atoms with Gasteiger partial charge in [0.25, 0.3) is 0 Å². The molecule has 8 heteroatoms. The van der Waals surface area contributed by atoms with Crippen molar-refractivity contribution in [3.05, 3.63) is 102 Å². The van der Waals surface area contributed by atoms with Crippen LogP contribution in [0.15, 0.2) is 79.8 Å². The molecule has 0 fully saturated rings. The minimum atomic E-state index is -0.555. The Balaban J connectivity index is 1.57. The number of hydrogen-bond acceptors (Lipinski definition) is 4. The SMILES string of the molecule is C=C(CC(C)(C)C)Nc1cncc(C(=C)/C(F)=c2/c(-c3nc4c(-c5cccc(F)c5)cccc4[nH]3)n[nH]/c2=C/C)c1. The van der Waals surface area contributed by atoms with E-state index in [1.165, 1.54) is 12.1 Å². The first-order chi connectivity index (χ1) is 19.5. The van der Waals surface area contributed by atoms with Crippen LogP contribution in [-0.4, -0.2) is 25.1 Å². The number of anilines is 1. The molecule has 0 saturated carbocycles. The highest BCUT2D eigenvalue weighted by molar-refractivity contribution is 5.96. The van der Waals surface area contributed by atoms with Crippen LogP contribution in [0.1, 0.15) is 39.7 Å². The third kappa shape index (κ3) is 5.87. The van der Waals surface area contributed by atoms with Gasteiger partial charge in [0, 0.05) is 28.6 Å². The minimum absolute atomic E-state index is 0.0675. The number of nitrogens with one attached hydrogen (secondary N) is 3. The lowest BCUT2D eigenvalue weighted by atomic mass is 9.91. The van der Waals surface area contributed by atoms with E-state index < -0.39 is 5.83 Å². The van der Waals surface area contributed by atoms with E-state index in [0.717, 1.165) is 23.2 Å². The second kappa shape index (κ2) is 11.0. The average Bonchev–Trinajstić information content (AvgIpc) is 3.55. The zero-order valence-corrected chi connectivity index (χ0v) is 23.6. The van der Waals surface area contributed by atoms with E-state index in [-0.39, 0.29) is 22.0 Å². The quantitative estimate of drug-likeness (QED) is 0.202. The summed E-state index contributed by atoms with van der Waals surface area (Å²) in [7, 11) is 0. The number of fused-ring (bicyclic) bond motifs is 1. The maximum atomic E-state index is 16.3. The van der Waals surface area contributed by atoms with Crippen LogP contribution in [0.4, 0.5) is 14.5 Å². The Kier molecular flexibility index (Phi) is 7.41. The number of nitrogens with zero attached hydrogens (tertiary/aromatic N) is 3. The smallest absolute Gasteiger partial charge is 0.159 e. The number of aromatic amines is 2. The predicted octanol–water partition coefficient (Wildman–Crippen LogP) is 7.11. The molecule has 0 radical (unpaired) electrons. The molecule has 2 aromatic carbocycles. The summed E-state index contributed by atoms with van der Waals surface area (Å²) in [5.41, 5.74) is 5.37. The van der Waals surface area contributed by atoms with Crippen molar-refractivity contribution in [2.45, 2.75) is 34.1 Å². The van der Waals surface area contributed by atoms with Crippen LogP contribution in [-0.2, 0) is 0 Å². The third-order valence-electron chi connectivity index (χ3n) is 6.59. The number of allylic oxidation sites excluding steroid dienone is 2. The van der Waals surface area contributed by atoms with Gasteiger partial charge in [0.15, 0.2) is 5.82 Å². The molecule has 0 spiro atoms. The highest BCUT2D eigenvalue weighted by Gasteiger charge is 2.19. The molecule has 5 rings (SSSR count). The van der Waals surface area contributed by atoms with Gasteiger partial charge in [-0.2, -0.15) is 5.10 Å². The van der Waals surface area contributed by atoms with Crippen molar-refractivity contribution in [2.75, 3.05) is 5.32 Å². The minimum Gasteiger partial charge on any atom is -0.358 e. The standard InChI is InChI=1S/C33H32F2N6/c1-7-26-28(29(35)20(3)22-15-24(18-36-17-22)37-19(2)16-33(4,5)6)31(41-40-26)32-38-27-13-9-12-25(30(27)39-32)21-10-8-11-23(34)14-21/h7-15,17-18,37,40H,2-3,16H2,1,4-6H3,(H,38,39)/b26-7+,29-28-. The predicted molar refractivity (Wildman–Crippen MR) is 163 cm³/mol.